The number of ether oxygens (including phenoxy) is 1. The Morgan fingerprint density at radius 2 is 1.86 bits per heavy atom. The van der Waals surface area contributed by atoms with Gasteiger partial charge >= 0.3 is 5.97 Å². The SMILES string of the molecule is CCOC(=O)CCCC(=O)CC(C)C. The van der Waals surface area contributed by atoms with Crippen LogP contribution in [0.2, 0.25) is 0 Å². The van der Waals surface area contributed by atoms with Crippen molar-refractivity contribution in [2.75, 3.05) is 6.61 Å². The molecule has 0 aliphatic carbocycles. The Morgan fingerprint density at radius 3 is 2.36 bits per heavy atom. The molecular weight excluding hydrogens is 180 g/mol. The fourth-order valence-electron chi connectivity index (χ4n) is 1.22. The van der Waals surface area contributed by atoms with E-state index in [0.717, 1.165) is 0 Å². The zero-order valence-corrected chi connectivity index (χ0v) is 9.34. The van der Waals surface area contributed by atoms with E-state index in [1.54, 1.807) is 6.92 Å². The van der Waals surface area contributed by atoms with Gasteiger partial charge in [-0.3, -0.25) is 9.59 Å². The van der Waals surface area contributed by atoms with E-state index >= 15 is 0 Å². The lowest BCUT2D eigenvalue weighted by atomic mass is 10.0. The van der Waals surface area contributed by atoms with Crippen molar-refractivity contribution in [1.29, 1.82) is 0 Å². The molecule has 0 aromatic rings. The summed E-state index contributed by atoms with van der Waals surface area (Å²) in [6.07, 6.45) is 2.09. The minimum absolute atomic E-state index is 0.204. The molecule has 0 aromatic heterocycles. The Labute approximate surface area is 85.8 Å². The van der Waals surface area contributed by atoms with E-state index < -0.39 is 0 Å². The van der Waals surface area contributed by atoms with Crippen LogP contribution < -0.4 is 0 Å². The maximum atomic E-state index is 11.2. The van der Waals surface area contributed by atoms with Gasteiger partial charge in [0.05, 0.1) is 6.61 Å². The average molecular weight is 200 g/mol. The standard InChI is InChI=1S/C11H20O3/c1-4-14-11(13)7-5-6-10(12)8-9(2)3/h9H,4-8H2,1-3H3. The van der Waals surface area contributed by atoms with Gasteiger partial charge in [-0.1, -0.05) is 13.8 Å². The van der Waals surface area contributed by atoms with Crippen molar-refractivity contribution in [3.63, 3.8) is 0 Å². The molecule has 0 aliphatic heterocycles. The van der Waals surface area contributed by atoms with Gasteiger partial charge in [-0.05, 0) is 19.3 Å². The monoisotopic (exact) mass is 200 g/mol. The van der Waals surface area contributed by atoms with Crippen molar-refractivity contribution in [3.8, 4) is 0 Å². The van der Waals surface area contributed by atoms with E-state index in [1.165, 1.54) is 0 Å². The van der Waals surface area contributed by atoms with Gasteiger partial charge in [0.1, 0.15) is 5.78 Å². The quantitative estimate of drug-likeness (QED) is 0.592. The van der Waals surface area contributed by atoms with Crippen molar-refractivity contribution in [3.05, 3.63) is 0 Å². The largest absolute Gasteiger partial charge is 0.466 e. The molecule has 0 saturated heterocycles. The molecule has 0 fully saturated rings. The summed E-state index contributed by atoms with van der Waals surface area (Å²) in [7, 11) is 0. The Balaban J connectivity index is 3.44. The van der Waals surface area contributed by atoms with Crippen LogP contribution in [0.15, 0.2) is 0 Å². The summed E-state index contributed by atoms with van der Waals surface area (Å²) in [5, 5.41) is 0. The highest BCUT2D eigenvalue weighted by Gasteiger charge is 2.07. The Bertz CT molecular complexity index is 185. The first-order valence-corrected chi connectivity index (χ1v) is 5.23. The van der Waals surface area contributed by atoms with E-state index in [4.69, 9.17) is 4.74 Å². The third-order valence-corrected chi connectivity index (χ3v) is 1.78. The molecule has 82 valence electrons. The van der Waals surface area contributed by atoms with E-state index in [2.05, 4.69) is 0 Å². The predicted octanol–water partition coefficient (Wildman–Crippen LogP) is 2.33. The molecule has 0 saturated carbocycles. The van der Waals surface area contributed by atoms with Crippen molar-refractivity contribution >= 4 is 11.8 Å². The lowest BCUT2D eigenvalue weighted by molar-refractivity contribution is -0.143. The van der Waals surface area contributed by atoms with Gasteiger partial charge in [-0.15, -0.1) is 0 Å². The molecule has 0 aliphatic rings. The maximum Gasteiger partial charge on any atom is 0.305 e. The average Bonchev–Trinajstić information content (AvgIpc) is 2.02. The first kappa shape index (κ1) is 13.1. The van der Waals surface area contributed by atoms with Crippen LogP contribution in [-0.4, -0.2) is 18.4 Å². The zero-order chi connectivity index (χ0) is 11.0. The predicted molar refractivity (Wildman–Crippen MR) is 54.9 cm³/mol. The number of ketones is 1. The summed E-state index contributed by atoms with van der Waals surface area (Å²) >= 11 is 0. The molecule has 0 bridgehead atoms. The van der Waals surface area contributed by atoms with E-state index in [-0.39, 0.29) is 11.8 Å². The summed E-state index contributed by atoms with van der Waals surface area (Å²) in [6.45, 7) is 6.23. The van der Waals surface area contributed by atoms with Crippen LogP contribution in [0.3, 0.4) is 0 Å². The molecule has 0 unspecified atom stereocenters. The lowest BCUT2D eigenvalue weighted by Gasteiger charge is -2.03. The number of rotatable bonds is 7. The van der Waals surface area contributed by atoms with Gasteiger partial charge in [0.25, 0.3) is 0 Å². The van der Waals surface area contributed by atoms with Gasteiger partial charge in [0, 0.05) is 19.3 Å². The van der Waals surface area contributed by atoms with Crippen LogP contribution in [0.5, 0.6) is 0 Å². The van der Waals surface area contributed by atoms with Gasteiger partial charge in [0.2, 0.25) is 0 Å². The molecule has 14 heavy (non-hydrogen) atoms. The molecule has 0 amide bonds. The lowest BCUT2D eigenvalue weighted by Crippen LogP contribution is -2.06. The van der Waals surface area contributed by atoms with Crippen LogP contribution in [-0.2, 0) is 14.3 Å². The summed E-state index contributed by atoms with van der Waals surface area (Å²) < 4.78 is 4.75. The summed E-state index contributed by atoms with van der Waals surface area (Å²) in [5.41, 5.74) is 0. The first-order chi connectivity index (χ1) is 6.56. The van der Waals surface area contributed by atoms with Crippen LogP contribution in [0.4, 0.5) is 0 Å². The minimum atomic E-state index is -0.204. The summed E-state index contributed by atoms with van der Waals surface area (Å²) in [4.78, 5) is 22.2. The van der Waals surface area contributed by atoms with E-state index in [1.807, 2.05) is 13.8 Å². The molecule has 0 aromatic carbocycles. The molecule has 0 rings (SSSR count). The molecule has 3 nitrogen and oxygen atoms in total. The second-order valence-corrected chi connectivity index (χ2v) is 3.80. The number of hydrogen-bond acceptors (Lipinski definition) is 3. The second kappa shape index (κ2) is 7.54. The van der Waals surface area contributed by atoms with Gasteiger partial charge in [-0.2, -0.15) is 0 Å². The molecule has 0 spiro atoms. The summed E-state index contributed by atoms with van der Waals surface area (Å²) in [6, 6.07) is 0. The second-order valence-electron chi connectivity index (χ2n) is 3.80. The van der Waals surface area contributed by atoms with Crippen molar-refractivity contribution < 1.29 is 14.3 Å². The zero-order valence-electron chi connectivity index (χ0n) is 9.34. The van der Waals surface area contributed by atoms with Gasteiger partial charge in [-0.25, -0.2) is 0 Å². The molecule has 3 heteroatoms. The van der Waals surface area contributed by atoms with Crippen molar-refractivity contribution in [1.82, 2.24) is 0 Å². The van der Waals surface area contributed by atoms with Crippen molar-refractivity contribution in [2.45, 2.75) is 46.5 Å². The highest BCUT2D eigenvalue weighted by Crippen LogP contribution is 2.06. The highest BCUT2D eigenvalue weighted by atomic mass is 16.5. The fourth-order valence-corrected chi connectivity index (χ4v) is 1.22. The first-order valence-electron chi connectivity index (χ1n) is 5.23. The Hall–Kier alpha value is -0.860. The normalized spacial score (nSPS) is 10.3. The van der Waals surface area contributed by atoms with Crippen LogP contribution >= 0.6 is 0 Å². The third kappa shape index (κ3) is 7.77. The van der Waals surface area contributed by atoms with Crippen LogP contribution in [0.1, 0.15) is 46.5 Å². The Morgan fingerprint density at radius 1 is 1.21 bits per heavy atom. The van der Waals surface area contributed by atoms with E-state index in [0.29, 0.717) is 38.2 Å². The van der Waals surface area contributed by atoms with Crippen LogP contribution in [0.25, 0.3) is 0 Å². The van der Waals surface area contributed by atoms with Crippen LogP contribution in [0, 0.1) is 5.92 Å². The van der Waals surface area contributed by atoms with Gasteiger partial charge < -0.3 is 4.74 Å². The number of carbonyl (C=O) groups is 2. The number of esters is 1. The van der Waals surface area contributed by atoms with Crippen molar-refractivity contribution in [2.24, 2.45) is 5.92 Å². The number of hydrogen-bond donors (Lipinski definition) is 0. The Kier molecular flexibility index (Phi) is 7.07. The van der Waals surface area contributed by atoms with E-state index in [9.17, 15) is 9.59 Å². The summed E-state index contributed by atoms with van der Waals surface area (Å²) in [5.74, 6) is 0.444. The van der Waals surface area contributed by atoms with Gasteiger partial charge in [0.15, 0.2) is 0 Å². The molecule has 0 heterocycles. The number of carbonyl (C=O) groups excluding carboxylic acids is 2. The molecule has 0 radical (unpaired) electrons. The molecular formula is C11H20O3. The molecule has 0 N–H and O–H groups in total. The third-order valence-electron chi connectivity index (χ3n) is 1.78. The smallest absolute Gasteiger partial charge is 0.305 e. The highest BCUT2D eigenvalue weighted by molar-refractivity contribution is 5.79. The molecule has 0 atom stereocenters. The number of Topliss-reactive ketones (excluding diaryl/α,β-unsaturated/α-hetero) is 1. The minimum Gasteiger partial charge on any atom is -0.466 e. The maximum absolute atomic E-state index is 11.2. The topological polar surface area (TPSA) is 43.4 Å². The fraction of sp³-hybridized carbons (Fsp3) is 0.818.